The van der Waals surface area contributed by atoms with Gasteiger partial charge in [0.15, 0.2) is 6.29 Å². The van der Waals surface area contributed by atoms with Gasteiger partial charge < -0.3 is 20.7 Å². The van der Waals surface area contributed by atoms with E-state index in [-0.39, 0.29) is 41.7 Å². The molecule has 3 rings (SSSR count). The number of nitrogens with zero attached hydrogens (tertiary/aromatic N) is 3. The van der Waals surface area contributed by atoms with E-state index in [2.05, 4.69) is 15.7 Å². The first-order valence-corrected chi connectivity index (χ1v) is 10.3. The monoisotopic (exact) mass is 474 g/mol. The van der Waals surface area contributed by atoms with Crippen molar-refractivity contribution in [3.63, 3.8) is 0 Å². The molecule has 0 bridgehead atoms. The molecule has 4 N–H and O–H groups in total. The first-order chi connectivity index (χ1) is 14.7. The number of carbonyl (C=O) groups excluding carboxylic acids is 1. The molecule has 12 heteroatoms. The molecule has 0 aromatic heterocycles. The summed E-state index contributed by atoms with van der Waals surface area (Å²) in [4.78, 5) is 17.7. The maximum atomic E-state index is 13.9. The second-order valence-corrected chi connectivity index (χ2v) is 8.95. The van der Waals surface area contributed by atoms with Gasteiger partial charge >= 0.3 is 12.3 Å². The molecule has 1 unspecified atom stereocenters. The fourth-order valence-corrected chi connectivity index (χ4v) is 3.74. The van der Waals surface area contributed by atoms with Crippen molar-refractivity contribution < 1.29 is 22.7 Å². The van der Waals surface area contributed by atoms with Crippen LogP contribution in [-0.4, -0.2) is 54.0 Å². The van der Waals surface area contributed by atoms with Gasteiger partial charge in [0.2, 0.25) is 5.96 Å². The summed E-state index contributed by atoms with van der Waals surface area (Å²) in [6.45, 7) is 5.60. The van der Waals surface area contributed by atoms with Crippen molar-refractivity contribution in [2.24, 2.45) is 10.7 Å². The molecule has 2 aliphatic heterocycles. The van der Waals surface area contributed by atoms with Crippen LogP contribution in [0.1, 0.15) is 38.3 Å². The average molecular weight is 475 g/mol. The molecule has 0 radical (unpaired) electrons. The number of hydrogen-bond donors (Lipinski definition) is 3. The fraction of sp³-hybridized carbons (Fsp3) is 0.500. The Kier molecular flexibility index (Phi) is 6.52. The minimum absolute atomic E-state index is 0.0511. The van der Waals surface area contributed by atoms with Crippen molar-refractivity contribution in [2.45, 2.75) is 45.3 Å². The molecule has 0 aliphatic carbocycles. The highest BCUT2D eigenvalue weighted by atomic mass is 35.5. The lowest BCUT2D eigenvalue weighted by Crippen LogP contribution is -2.42. The second-order valence-electron chi connectivity index (χ2n) is 8.54. The zero-order valence-electron chi connectivity index (χ0n) is 18.2. The van der Waals surface area contributed by atoms with Crippen molar-refractivity contribution in [1.82, 2.24) is 15.3 Å². The number of carbonyl (C=O) groups is 1. The number of nitrogens with one attached hydrogen (secondary N) is 2. The largest absolute Gasteiger partial charge is 0.444 e. The van der Waals surface area contributed by atoms with E-state index in [4.69, 9.17) is 22.1 Å². The van der Waals surface area contributed by atoms with Crippen LogP contribution in [-0.2, 0) is 10.9 Å². The number of ether oxygens (including phenoxy) is 1. The van der Waals surface area contributed by atoms with Crippen LogP contribution in [0.15, 0.2) is 23.2 Å². The van der Waals surface area contributed by atoms with Crippen molar-refractivity contribution in [3.8, 4) is 0 Å². The van der Waals surface area contributed by atoms with Gasteiger partial charge in [0, 0.05) is 31.4 Å². The summed E-state index contributed by atoms with van der Waals surface area (Å²) < 4.78 is 47.1. The molecular weight excluding hydrogens is 449 g/mol. The van der Waals surface area contributed by atoms with Gasteiger partial charge in [0.25, 0.3) is 0 Å². The fourth-order valence-electron chi connectivity index (χ4n) is 3.40. The molecule has 2 heterocycles. The Labute approximate surface area is 189 Å². The number of nitrogens with two attached hydrogens (primary N) is 1. The standard InChI is InChI=1S/C20H26ClF3N6O2/c1-19(2,3)32-18(31)30-7-5-11(6-8-30)15-13(20(22,23)24)9-12(10-14(15)21)26-17-27-16(25)28-29(17)4/h5,9-10,17,26H,6-8H2,1-4H3,(H3,25,27,28). The summed E-state index contributed by atoms with van der Waals surface area (Å²) in [6.07, 6.45) is -4.04. The molecule has 1 aromatic carbocycles. The molecule has 32 heavy (non-hydrogen) atoms. The summed E-state index contributed by atoms with van der Waals surface area (Å²) in [5.41, 5.74) is 7.28. The first kappa shape index (κ1) is 24.0. The topological polar surface area (TPSA) is 95.2 Å². The van der Waals surface area contributed by atoms with Crippen LogP contribution in [0.2, 0.25) is 5.02 Å². The highest BCUT2D eigenvalue weighted by molar-refractivity contribution is 6.32. The van der Waals surface area contributed by atoms with E-state index in [0.717, 1.165) is 6.07 Å². The van der Waals surface area contributed by atoms with Crippen molar-refractivity contribution in [2.75, 3.05) is 25.5 Å². The van der Waals surface area contributed by atoms with Crippen molar-refractivity contribution >= 4 is 34.9 Å². The van der Waals surface area contributed by atoms with Gasteiger partial charge in [0.1, 0.15) is 5.60 Å². The van der Waals surface area contributed by atoms with E-state index in [0.29, 0.717) is 5.57 Å². The number of benzene rings is 1. The first-order valence-electron chi connectivity index (χ1n) is 9.92. The number of hydrogen-bond acceptors (Lipinski definition) is 7. The number of anilines is 1. The van der Waals surface area contributed by atoms with Crippen molar-refractivity contribution in [3.05, 3.63) is 34.4 Å². The molecule has 8 nitrogen and oxygen atoms in total. The number of halogens is 4. The predicted molar refractivity (Wildman–Crippen MR) is 117 cm³/mol. The Morgan fingerprint density at radius 2 is 2.03 bits per heavy atom. The van der Waals surface area contributed by atoms with Crippen LogP contribution in [0.25, 0.3) is 5.57 Å². The molecule has 176 valence electrons. The number of alkyl halides is 3. The van der Waals surface area contributed by atoms with Gasteiger partial charge in [-0.15, -0.1) is 0 Å². The minimum atomic E-state index is -4.64. The summed E-state index contributed by atoms with van der Waals surface area (Å²) in [5.74, 6) is 0.144. The quantitative estimate of drug-likeness (QED) is 0.616. The minimum Gasteiger partial charge on any atom is -0.444 e. The Morgan fingerprint density at radius 1 is 1.34 bits per heavy atom. The summed E-state index contributed by atoms with van der Waals surface area (Å²) in [5, 5.41) is 4.33. The summed E-state index contributed by atoms with van der Waals surface area (Å²) in [7, 11) is 1.64. The van der Waals surface area contributed by atoms with Crippen LogP contribution >= 0.6 is 11.6 Å². The second kappa shape index (κ2) is 8.70. The van der Waals surface area contributed by atoms with Gasteiger partial charge in [0.05, 0.1) is 10.6 Å². The number of amides is 1. The average Bonchev–Trinajstić information content (AvgIpc) is 2.96. The Bertz CT molecular complexity index is 958. The molecule has 0 saturated heterocycles. The molecule has 1 aromatic rings. The Morgan fingerprint density at radius 3 is 2.53 bits per heavy atom. The third kappa shape index (κ3) is 5.57. The SMILES string of the molecule is CN1NC(N)=NC1Nc1cc(Cl)c(C2=CCN(C(=O)OC(C)(C)C)CC2)c(C(F)(F)F)c1. The Balaban J connectivity index is 1.87. The van der Waals surface area contributed by atoms with Gasteiger partial charge in [-0.05, 0) is 44.9 Å². The highest BCUT2D eigenvalue weighted by Gasteiger charge is 2.37. The van der Waals surface area contributed by atoms with Crippen LogP contribution in [0.5, 0.6) is 0 Å². The number of rotatable bonds is 3. The number of guanidine groups is 1. The lowest BCUT2D eigenvalue weighted by atomic mass is 9.94. The van der Waals surface area contributed by atoms with E-state index in [9.17, 15) is 18.0 Å². The summed E-state index contributed by atoms with van der Waals surface area (Å²) in [6, 6.07) is 2.42. The third-order valence-electron chi connectivity index (χ3n) is 4.79. The van der Waals surface area contributed by atoms with Crippen LogP contribution in [0.4, 0.5) is 23.7 Å². The lowest BCUT2D eigenvalue weighted by Gasteiger charge is -2.30. The molecule has 0 saturated carbocycles. The maximum absolute atomic E-state index is 13.9. The molecular formula is C20H26ClF3N6O2. The van der Waals surface area contributed by atoms with E-state index in [1.807, 2.05) is 0 Å². The van der Waals surface area contributed by atoms with Crippen molar-refractivity contribution in [1.29, 1.82) is 0 Å². The van der Waals surface area contributed by atoms with E-state index in [1.165, 1.54) is 16.0 Å². The smallest absolute Gasteiger partial charge is 0.417 e. The number of aliphatic imine (C=N–C) groups is 1. The zero-order chi connectivity index (χ0) is 23.8. The highest BCUT2D eigenvalue weighted by Crippen LogP contribution is 2.42. The van der Waals surface area contributed by atoms with Gasteiger partial charge in [-0.2, -0.15) is 18.2 Å². The van der Waals surface area contributed by atoms with Gasteiger partial charge in [-0.3, -0.25) is 5.43 Å². The molecule has 1 atom stereocenters. The van der Waals surface area contributed by atoms with E-state index >= 15 is 0 Å². The lowest BCUT2D eigenvalue weighted by molar-refractivity contribution is -0.137. The van der Waals surface area contributed by atoms with Gasteiger partial charge in [-0.25, -0.2) is 9.79 Å². The van der Waals surface area contributed by atoms with Crippen LogP contribution in [0.3, 0.4) is 0 Å². The normalized spacial score (nSPS) is 19.9. The van der Waals surface area contributed by atoms with Crippen LogP contribution in [0, 0.1) is 0 Å². The Hall–Kier alpha value is -2.66. The molecule has 0 spiro atoms. The van der Waals surface area contributed by atoms with E-state index in [1.54, 1.807) is 33.9 Å². The van der Waals surface area contributed by atoms with Gasteiger partial charge in [-0.1, -0.05) is 17.7 Å². The summed E-state index contributed by atoms with van der Waals surface area (Å²) >= 11 is 6.33. The molecule has 2 aliphatic rings. The van der Waals surface area contributed by atoms with E-state index < -0.39 is 29.7 Å². The molecule has 1 amide bonds. The predicted octanol–water partition coefficient (Wildman–Crippen LogP) is 3.84. The molecule has 0 fully saturated rings. The number of hydrazine groups is 1. The van der Waals surface area contributed by atoms with Crippen LogP contribution < -0.4 is 16.5 Å². The zero-order valence-corrected chi connectivity index (χ0v) is 18.9. The maximum Gasteiger partial charge on any atom is 0.417 e. The third-order valence-corrected chi connectivity index (χ3v) is 5.09.